The van der Waals surface area contributed by atoms with Crippen LogP contribution in [0.5, 0.6) is 0 Å². The molecular weight excluding hydrogens is 414 g/mol. The second kappa shape index (κ2) is 6.83. The van der Waals surface area contributed by atoms with Gasteiger partial charge in [0, 0.05) is 10.6 Å². The highest BCUT2D eigenvalue weighted by molar-refractivity contribution is 9.12. The number of allylic oxidation sites excluding steroid dienone is 5. The average Bonchev–Trinajstić information content (AvgIpc) is 2.40. The lowest BCUT2D eigenvalue weighted by molar-refractivity contribution is 0.0610. The van der Waals surface area contributed by atoms with Crippen LogP contribution in [0.4, 0.5) is 4.39 Å². The highest BCUT2D eigenvalue weighted by atomic mass is 79.9. The van der Waals surface area contributed by atoms with Gasteiger partial charge in [-0.1, -0.05) is 17.7 Å². The Kier molecular flexibility index (Phi) is 5.35. The Bertz CT molecular complexity index is 611. The van der Waals surface area contributed by atoms with Crippen molar-refractivity contribution in [3.63, 3.8) is 0 Å². The first-order valence-corrected chi connectivity index (χ1v) is 7.57. The van der Waals surface area contributed by atoms with Crippen LogP contribution in [0.25, 0.3) is 0 Å². The van der Waals surface area contributed by atoms with Gasteiger partial charge < -0.3 is 9.84 Å². The van der Waals surface area contributed by atoms with Crippen molar-refractivity contribution in [2.24, 2.45) is 0 Å². The molecule has 6 heteroatoms. The molecule has 2 rings (SSSR count). The number of ether oxygens (including phenoxy) is 1. The first-order chi connectivity index (χ1) is 9.52. The predicted octanol–water partition coefficient (Wildman–Crippen LogP) is 4.79. The molecule has 0 saturated heterocycles. The Hall–Kier alpha value is -0.710. The van der Waals surface area contributed by atoms with E-state index in [0.29, 0.717) is 19.7 Å². The van der Waals surface area contributed by atoms with Crippen LogP contribution in [-0.2, 0) is 4.74 Å². The molecule has 1 aliphatic rings. The normalized spacial score (nSPS) is 15.8. The summed E-state index contributed by atoms with van der Waals surface area (Å²) in [4.78, 5) is 0. The predicted molar refractivity (Wildman–Crippen MR) is 83.1 cm³/mol. The molecule has 0 radical (unpaired) electrons. The number of aliphatic hydroxyl groups excluding tert-OH is 1. The van der Waals surface area contributed by atoms with Crippen molar-refractivity contribution in [2.75, 3.05) is 6.61 Å². The third-order valence-electron chi connectivity index (χ3n) is 2.59. The van der Waals surface area contributed by atoms with Crippen LogP contribution in [0, 0.1) is 11.9 Å². The van der Waals surface area contributed by atoms with E-state index >= 15 is 0 Å². The van der Waals surface area contributed by atoms with Crippen molar-refractivity contribution < 1.29 is 14.2 Å². The molecule has 0 fully saturated rings. The van der Waals surface area contributed by atoms with E-state index in [0.717, 1.165) is 0 Å². The molecule has 0 saturated carbocycles. The maximum absolute atomic E-state index is 13.9. The van der Waals surface area contributed by atoms with Gasteiger partial charge in [0.05, 0.1) is 18.8 Å². The van der Waals surface area contributed by atoms with Crippen LogP contribution in [0.1, 0.15) is 11.7 Å². The zero-order chi connectivity index (χ0) is 14.7. The highest BCUT2D eigenvalue weighted by Gasteiger charge is 2.27. The van der Waals surface area contributed by atoms with Gasteiger partial charge >= 0.3 is 0 Å². The molecule has 0 amide bonds. The summed E-state index contributed by atoms with van der Waals surface area (Å²) in [7, 11) is 0. The zero-order valence-electron chi connectivity index (χ0n) is 10.0. The molecule has 2 nitrogen and oxygen atoms in total. The minimum atomic E-state index is -0.837. The number of hydrogen-bond donors (Lipinski definition) is 1. The van der Waals surface area contributed by atoms with Crippen molar-refractivity contribution >= 4 is 43.5 Å². The molecule has 1 N–H and O–H groups in total. The lowest BCUT2D eigenvalue weighted by atomic mass is 10.1. The third-order valence-corrected chi connectivity index (χ3v) is 4.04. The molecule has 1 unspecified atom stereocenters. The van der Waals surface area contributed by atoms with Crippen LogP contribution in [-0.4, -0.2) is 11.7 Å². The molecule has 0 aromatic heterocycles. The van der Waals surface area contributed by atoms with E-state index in [9.17, 15) is 9.50 Å². The largest absolute Gasteiger partial charge is 0.421 e. The quantitative estimate of drug-likeness (QED) is 0.706. The zero-order valence-corrected chi connectivity index (χ0v) is 14.0. The number of benzene rings is 1. The minimum absolute atomic E-state index is 0.236. The van der Waals surface area contributed by atoms with Gasteiger partial charge in [-0.2, -0.15) is 0 Å². The van der Waals surface area contributed by atoms with Crippen LogP contribution in [0.15, 0.2) is 45.1 Å². The fraction of sp³-hybridized carbons (Fsp3) is 0.143. The molecular formula is C14H9Br2ClFO2+. The number of aliphatic hydroxyl groups is 1. The number of halogens is 4. The summed E-state index contributed by atoms with van der Waals surface area (Å²) >= 11 is 12.3. The van der Waals surface area contributed by atoms with E-state index in [4.69, 9.17) is 16.3 Å². The average molecular weight is 423 g/mol. The highest BCUT2D eigenvalue weighted by Crippen LogP contribution is 2.34. The summed E-state index contributed by atoms with van der Waals surface area (Å²) in [6, 6.07) is 4.23. The Labute approximate surface area is 137 Å². The Balaban J connectivity index is 2.30. The standard InChI is InChI=1S/C14H9Br2ClFO2/c15-10-2-1-3-11(16)14(10)20-13(7-19)9-5-4-8(17)6-12(9)18/h1-2,4-6,13,19H,7H2/q+1. The summed E-state index contributed by atoms with van der Waals surface area (Å²) in [5.41, 5.74) is 0.236. The summed E-state index contributed by atoms with van der Waals surface area (Å²) in [6.07, 6.45) is 5.52. The van der Waals surface area contributed by atoms with Crippen molar-refractivity contribution in [2.45, 2.75) is 6.10 Å². The number of hydrogen-bond acceptors (Lipinski definition) is 2. The van der Waals surface area contributed by atoms with Crippen LogP contribution < -0.4 is 0 Å². The first kappa shape index (κ1) is 15.7. The Morgan fingerprint density at radius 3 is 2.75 bits per heavy atom. The fourth-order valence-corrected chi connectivity index (χ4v) is 2.93. The molecule has 1 aromatic carbocycles. The monoisotopic (exact) mass is 421 g/mol. The van der Waals surface area contributed by atoms with Gasteiger partial charge in [0.1, 0.15) is 11.9 Å². The minimum Gasteiger partial charge on any atom is -0.421 e. The van der Waals surface area contributed by atoms with Crippen molar-refractivity contribution in [3.8, 4) is 0 Å². The van der Waals surface area contributed by atoms with E-state index in [-0.39, 0.29) is 12.2 Å². The molecule has 1 atom stereocenters. The van der Waals surface area contributed by atoms with Crippen LogP contribution in [0.3, 0.4) is 0 Å². The molecule has 20 heavy (non-hydrogen) atoms. The first-order valence-electron chi connectivity index (χ1n) is 5.61. The smallest absolute Gasteiger partial charge is 0.263 e. The van der Waals surface area contributed by atoms with Crippen molar-refractivity contribution in [1.29, 1.82) is 0 Å². The van der Waals surface area contributed by atoms with Gasteiger partial charge in [-0.15, -0.1) is 0 Å². The Morgan fingerprint density at radius 1 is 1.40 bits per heavy atom. The van der Waals surface area contributed by atoms with Gasteiger partial charge in [-0.3, -0.25) is 0 Å². The topological polar surface area (TPSA) is 29.5 Å². The van der Waals surface area contributed by atoms with Gasteiger partial charge in [0.25, 0.3) is 5.76 Å². The van der Waals surface area contributed by atoms with E-state index in [1.807, 2.05) is 0 Å². The van der Waals surface area contributed by atoms with Gasteiger partial charge in [0.2, 0.25) is 4.48 Å². The molecule has 1 aliphatic carbocycles. The maximum atomic E-state index is 13.9. The summed E-state index contributed by atoms with van der Waals surface area (Å²) in [6.45, 7) is -0.369. The molecule has 0 bridgehead atoms. The van der Waals surface area contributed by atoms with E-state index in [1.165, 1.54) is 12.1 Å². The van der Waals surface area contributed by atoms with Crippen molar-refractivity contribution in [1.82, 2.24) is 0 Å². The molecule has 0 heterocycles. The van der Waals surface area contributed by atoms with Gasteiger partial charge in [-0.05, 0) is 44.0 Å². The summed E-state index contributed by atoms with van der Waals surface area (Å²) in [5, 5.41) is 9.74. The van der Waals surface area contributed by atoms with Gasteiger partial charge in [-0.25, -0.2) is 4.39 Å². The lowest BCUT2D eigenvalue weighted by Gasteiger charge is -2.17. The number of rotatable bonds is 4. The SMILES string of the molecule is OCC(OC1=C(Br)C=C[C+]=C1Br)c1ccc(Cl)cc1F. The second-order valence-corrected chi connectivity index (χ2v) is 6.01. The summed E-state index contributed by atoms with van der Waals surface area (Å²) < 4.78 is 20.8. The van der Waals surface area contributed by atoms with Crippen LogP contribution >= 0.6 is 43.5 Å². The maximum Gasteiger partial charge on any atom is 0.263 e. The van der Waals surface area contributed by atoms with E-state index in [2.05, 4.69) is 37.9 Å². The van der Waals surface area contributed by atoms with Crippen molar-refractivity contribution in [3.05, 3.63) is 67.6 Å². The van der Waals surface area contributed by atoms with Gasteiger partial charge in [0.15, 0.2) is 10.6 Å². The second-order valence-electron chi connectivity index (χ2n) is 3.92. The molecule has 104 valence electrons. The lowest BCUT2D eigenvalue weighted by Crippen LogP contribution is -2.12. The Morgan fingerprint density at radius 2 is 2.15 bits per heavy atom. The molecule has 1 aromatic rings. The fourth-order valence-electron chi connectivity index (χ4n) is 1.65. The van der Waals surface area contributed by atoms with E-state index in [1.54, 1.807) is 18.2 Å². The molecule has 0 spiro atoms. The summed E-state index contributed by atoms with van der Waals surface area (Å²) in [5.74, 6) is -0.0791. The third kappa shape index (κ3) is 3.48. The molecule has 0 aliphatic heterocycles. The van der Waals surface area contributed by atoms with Crippen LogP contribution in [0.2, 0.25) is 5.02 Å². The van der Waals surface area contributed by atoms with E-state index < -0.39 is 11.9 Å².